The minimum atomic E-state index is -0.517. The van der Waals surface area contributed by atoms with E-state index in [0.29, 0.717) is 38.1 Å². The van der Waals surface area contributed by atoms with E-state index in [9.17, 15) is 14.4 Å². The number of nitrogens with one attached hydrogen (secondary N) is 1. The maximum Gasteiger partial charge on any atom is 0.333 e. The lowest BCUT2D eigenvalue weighted by Crippen LogP contribution is -2.48. The van der Waals surface area contributed by atoms with Crippen LogP contribution in [0, 0.1) is 5.92 Å². The van der Waals surface area contributed by atoms with E-state index in [0.717, 1.165) is 0 Å². The zero-order valence-electron chi connectivity index (χ0n) is 13.8. The zero-order chi connectivity index (χ0) is 16.7. The van der Waals surface area contributed by atoms with Gasteiger partial charge < -0.3 is 15.0 Å². The van der Waals surface area contributed by atoms with Crippen LogP contribution in [0.5, 0.6) is 0 Å². The molecule has 0 saturated heterocycles. The number of nitrogens with zero attached hydrogens (tertiary/aromatic N) is 1. The fraction of sp³-hybridized carbons (Fsp3) is 0.688. The first-order valence-corrected chi connectivity index (χ1v) is 7.88. The molecule has 0 fully saturated rings. The minimum Gasteiger partial charge on any atom is -0.463 e. The van der Waals surface area contributed by atoms with Crippen LogP contribution in [0.15, 0.2) is 11.6 Å². The van der Waals surface area contributed by atoms with Gasteiger partial charge in [0, 0.05) is 31.6 Å². The molecule has 0 unspecified atom stereocenters. The molecule has 0 aromatic carbocycles. The summed E-state index contributed by atoms with van der Waals surface area (Å²) < 4.78 is 5.02. The van der Waals surface area contributed by atoms with Crippen molar-refractivity contribution in [2.24, 2.45) is 5.92 Å². The Morgan fingerprint density at radius 2 is 1.91 bits per heavy atom. The highest BCUT2D eigenvalue weighted by Gasteiger charge is 2.34. The number of amides is 2. The van der Waals surface area contributed by atoms with Gasteiger partial charge in [0.1, 0.15) is 0 Å². The fourth-order valence-electron chi connectivity index (χ4n) is 2.71. The van der Waals surface area contributed by atoms with Gasteiger partial charge in [0.2, 0.25) is 11.8 Å². The monoisotopic (exact) mass is 310 g/mol. The first-order valence-electron chi connectivity index (χ1n) is 7.88. The maximum absolute atomic E-state index is 12.7. The van der Waals surface area contributed by atoms with Crippen molar-refractivity contribution in [2.45, 2.75) is 46.6 Å². The summed E-state index contributed by atoms with van der Waals surface area (Å²) in [5.74, 6) is -1.13. The first-order chi connectivity index (χ1) is 10.4. The molecule has 0 heterocycles. The van der Waals surface area contributed by atoms with Crippen LogP contribution < -0.4 is 5.32 Å². The van der Waals surface area contributed by atoms with Gasteiger partial charge >= 0.3 is 5.97 Å². The Hall–Kier alpha value is -1.85. The van der Waals surface area contributed by atoms with Crippen molar-refractivity contribution >= 4 is 17.8 Å². The van der Waals surface area contributed by atoms with Crippen LogP contribution >= 0.6 is 0 Å². The van der Waals surface area contributed by atoms with Crippen molar-refractivity contribution in [1.82, 2.24) is 10.2 Å². The second kappa shape index (κ2) is 8.56. The lowest BCUT2D eigenvalue weighted by atomic mass is 9.84. The molecule has 0 bridgehead atoms. The van der Waals surface area contributed by atoms with Crippen molar-refractivity contribution < 1.29 is 19.1 Å². The molecule has 0 aliphatic heterocycles. The van der Waals surface area contributed by atoms with Gasteiger partial charge in [-0.1, -0.05) is 6.08 Å². The predicted octanol–water partition coefficient (Wildman–Crippen LogP) is 1.26. The molecule has 1 rings (SSSR count). The lowest BCUT2D eigenvalue weighted by molar-refractivity contribution is -0.139. The van der Waals surface area contributed by atoms with Crippen LogP contribution in [-0.2, 0) is 19.1 Å². The largest absolute Gasteiger partial charge is 0.463 e. The Labute approximate surface area is 131 Å². The molecular weight excluding hydrogens is 284 g/mol. The SMILES string of the molecule is CCOC(=O)C1=C[C@@H](C(=O)N(CC)CC)[C@H](NC(C)=O)CC1. The molecule has 0 radical (unpaired) electrons. The van der Waals surface area contributed by atoms with E-state index in [1.807, 2.05) is 13.8 Å². The average molecular weight is 310 g/mol. The Balaban J connectivity index is 3.03. The molecule has 2 amide bonds. The van der Waals surface area contributed by atoms with E-state index in [4.69, 9.17) is 4.74 Å². The van der Waals surface area contributed by atoms with E-state index in [1.165, 1.54) is 6.92 Å². The normalized spacial score (nSPS) is 20.8. The van der Waals surface area contributed by atoms with Gasteiger partial charge in [0.15, 0.2) is 0 Å². The van der Waals surface area contributed by atoms with Crippen molar-refractivity contribution in [2.75, 3.05) is 19.7 Å². The van der Waals surface area contributed by atoms with Crippen molar-refractivity contribution in [3.63, 3.8) is 0 Å². The first kappa shape index (κ1) is 18.2. The molecule has 22 heavy (non-hydrogen) atoms. The number of carbonyl (C=O) groups excluding carboxylic acids is 3. The molecule has 2 atom stereocenters. The predicted molar refractivity (Wildman–Crippen MR) is 83.0 cm³/mol. The summed E-state index contributed by atoms with van der Waals surface area (Å²) in [5, 5.41) is 2.82. The lowest BCUT2D eigenvalue weighted by Gasteiger charge is -2.32. The molecule has 0 aromatic heterocycles. The number of ether oxygens (including phenoxy) is 1. The topological polar surface area (TPSA) is 75.7 Å². The molecule has 1 N–H and O–H groups in total. The molecule has 1 aliphatic carbocycles. The molecule has 0 spiro atoms. The second-order valence-corrected chi connectivity index (χ2v) is 5.29. The fourth-order valence-corrected chi connectivity index (χ4v) is 2.71. The minimum absolute atomic E-state index is 0.0646. The van der Waals surface area contributed by atoms with E-state index in [2.05, 4.69) is 5.32 Å². The van der Waals surface area contributed by atoms with E-state index in [-0.39, 0.29) is 23.8 Å². The molecule has 0 saturated carbocycles. The van der Waals surface area contributed by atoms with Gasteiger partial charge in [-0.2, -0.15) is 0 Å². The van der Waals surface area contributed by atoms with Gasteiger partial charge in [0.05, 0.1) is 12.5 Å². The second-order valence-electron chi connectivity index (χ2n) is 5.29. The van der Waals surface area contributed by atoms with Gasteiger partial charge in [-0.3, -0.25) is 9.59 Å². The Morgan fingerprint density at radius 1 is 1.27 bits per heavy atom. The van der Waals surface area contributed by atoms with Crippen molar-refractivity contribution in [1.29, 1.82) is 0 Å². The molecular formula is C16H26N2O4. The van der Waals surface area contributed by atoms with Crippen molar-refractivity contribution in [3.05, 3.63) is 11.6 Å². The number of rotatable bonds is 6. The summed E-state index contributed by atoms with van der Waals surface area (Å²) in [6, 6.07) is -0.274. The molecule has 6 heteroatoms. The summed E-state index contributed by atoms with van der Waals surface area (Å²) in [7, 11) is 0. The van der Waals surface area contributed by atoms with Crippen LogP contribution in [0.1, 0.15) is 40.5 Å². The molecule has 1 aliphatic rings. The molecule has 0 aromatic rings. The van der Waals surface area contributed by atoms with Gasteiger partial charge in [0.25, 0.3) is 0 Å². The van der Waals surface area contributed by atoms with Crippen LogP contribution in [-0.4, -0.2) is 48.4 Å². The Bertz CT molecular complexity index is 455. The summed E-state index contributed by atoms with van der Waals surface area (Å²) in [4.78, 5) is 37.6. The summed E-state index contributed by atoms with van der Waals surface area (Å²) in [5.41, 5.74) is 0.522. The van der Waals surface area contributed by atoms with Gasteiger partial charge in [-0.05, 0) is 33.6 Å². The summed E-state index contributed by atoms with van der Waals surface area (Å²) in [6.07, 6.45) is 2.73. The van der Waals surface area contributed by atoms with Gasteiger partial charge in [-0.25, -0.2) is 4.79 Å². The Kier molecular flexibility index (Phi) is 7.08. The summed E-state index contributed by atoms with van der Waals surface area (Å²) in [6.45, 7) is 8.51. The standard InChI is InChI=1S/C16H26N2O4/c1-5-18(6-2)15(20)13-10-12(16(21)22-7-3)8-9-14(13)17-11(4)19/h10,13-14H,5-9H2,1-4H3,(H,17,19)/t13-,14-/m1/s1. The number of hydrogen-bond acceptors (Lipinski definition) is 4. The van der Waals surface area contributed by atoms with Crippen LogP contribution in [0.2, 0.25) is 0 Å². The van der Waals surface area contributed by atoms with Crippen molar-refractivity contribution in [3.8, 4) is 0 Å². The van der Waals surface area contributed by atoms with E-state index < -0.39 is 5.92 Å². The number of carbonyl (C=O) groups is 3. The van der Waals surface area contributed by atoms with E-state index in [1.54, 1.807) is 17.9 Å². The van der Waals surface area contributed by atoms with Gasteiger partial charge in [-0.15, -0.1) is 0 Å². The highest BCUT2D eigenvalue weighted by molar-refractivity contribution is 5.91. The highest BCUT2D eigenvalue weighted by atomic mass is 16.5. The average Bonchev–Trinajstić information content (AvgIpc) is 2.48. The quantitative estimate of drug-likeness (QED) is 0.749. The number of esters is 1. The number of hydrogen-bond donors (Lipinski definition) is 1. The molecule has 6 nitrogen and oxygen atoms in total. The zero-order valence-corrected chi connectivity index (χ0v) is 13.8. The summed E-state index contributed by atoms with van der Waals surface area (Å²) >= 11 is 0. The van der Waals surface area contributed by atoms with Crippen LogP contribution in [0.3, 0.4) is 0 Å². The third-order valence-corrected chi connectivity index (χ3v) is 3.83. The molecule has 124 valence electrons. The highest BCUT2D eigenvalue weighted by Crippen LogP contribution is 2.26. The van der Waals surface area contributed by atoms with E-state index >= 15 is 0 Å². The smallest absolute Gasteiger partial charge is 0.333 e. The van der Waals surface area contributed by atoms with Crippen LogP contribution in [0.25, 0.3) is 0 Å². The van der Waals surface area contributed by atoms with Crippen LogP contribution in [0.4, 0.5) is 0 Å². The maximum atomic E-state index is 12.7. The third-order valence-electron chi connectivity index (χ3n) is 3.83. The third kappa shape index (κ3) is 4.58. The Morgan fingerprint density at radius 3 is 2.41 bits per heavy atom.